The minimum absolute atomic E-state index is 0.0678. The molecular formula is C16H25NO2. The Kier molecular flexibility index (Phi) is 6.60. The lowest BCUT2D eigenvalue weighted by atomic mass is 9.97. The second-order valence-electron chi connectivity index (χ2n) is 4.97. The van der Waals surface area contributed by atoms with E-state index in [-0.39, 0.29) is 12.6 Å². The largest absolute Gasteiger partial charge is 0.497 e. The molecule has 0 aromatic heterocycles. The third-order valence-electron chi connectivity index (χ3n) is 3.53. The second kappa shape index (κ2) is 7.97. The van der Waals surface area contributed by atoms with Gasteiger partial charge in [0.2, 0.25) is 0 Å². The van der Waals surface area contributed by atoms with Crippen LogP contribution in [0.25, 0.3) is 0 Å². The summed E-state index contributed by atoms with van der Waals surface area (Å²) in [5.74, 6) is 1.29. The molecule has 0 aliphatic rings. The minimum atomic E-state index is -0.0719. The molecule has 0 bridgehead atoms. The smallest absolute Gasteiger partial charge is 0.119 e. The maximum Gasteiger partial charge on any atom is 0.119 e. The number of nitrogens with one attached hydrogen (secondary N) is 1. The molecule has 0 heterocycles. The summed E-state index contributed by atoms with van der Waals surface area (Å²) in [5.41, 5.74) is 1.04. The minimum Gasteiger partial charge on any atom is -0.497 e. The molecule has 19 heavy (non-hydrogen) atoms. The molecule has 0 radical (unpaired) electrons. The van der Waals surface area contributed by atoms with Gasteiger partial charge in [-0.2, -0.15) is 0 Å². The van der Waals surface area contributed by atoms with Crippen molar-refractivity contribution in [3.05, 3.63) is 42.5 Å². The average molecular weight is 263 g/mol. The van der Waals surface area contributed by atoms with Crippen LogP contribution < -0.4 is 10.1 Å². The van der Waals surface area contributed by atoms with Gasteiger partial charge in [-0.15, -0.1) is 6.58 Å². The van der Waals surface area contributed by atoms with Crippen LogP contribution in [-0.4, -0.2) is 24.9 Å². The predicted molar refractivity (Wildman–Crippen MR) is 79.4 cm³/mol. The Hall–Kier alpha value is -1.32. The summed E-state index contributed by atoms with van der Waals surface area (Å²) >= 11 is 0. The fourth-order valence-corrected chi connectivity index (χ4v) is 2.06. The topological polar surface area (TPSA) is 41.5 Å². The van der Waals surface area contributed by atoms with Crippen LogP contribution in [0.4, 0.5) is 0 Å². The molecule has 0 saturated carbocycles. The van der Waals surface area contributed by atoms with Crippen LogP contribution in [0.5, 0.6) is 5.75 Å². The average Bonchev–Trinajstić information content (AvgIpc) is 2.44. The number of allylic oxidation sites excluding steroid dienone is 1. The Bertz CT molecular complexity index is 392. The summed E-state index contributed by atoms with van der Waals surface area (Å²) < 4.78 is 5.22. The van der Waals surface area contributed by atoms with E-state index in [0.29, 0.717) is 12.0 Å². The number of hydrogen-bond acceptors (Lipinski definition) is 3. The van der Waals surface area contributed by atoms with E-state index in [0.717, 1.165) is 17.7 Å². The molecule has 1 aromatic carbocycles. The van der Waals surface area contributed by atoms with Gasteiger partial charge in [0.05, 0.1) is 19.8 Å². The molecule has 0 saturated heterocycles. The first-order chi connectivity index (χ1) is 9.12. The molecule has 2 N–H and O–H groups in total. The molecule has 0 aliphatic heterocycles. The number of methoxy groups -OCH3 is 1. The normalized spacial score (nSPS) is 15.6. The van der Waals surface area contributed by atoms with Crippen molar-refractivity contribution in [3.63, 3.8) is 0 Å². The highest BCUT2D eigenvalue weighted by Crippen LogP contribution is 2.21. The summed E-state index contributed by atoms with van der Waals surface area (Å²) in [6.07, 6.45) is 2.90. The van der Waals surface area contributed by atoms with Gasteiger partial charge in [0.15, 0.2) is 0 Å². The fraction of sp³-hybridized carbons (Fsp3) is 0.500. The maximum absolute atomic E-state index is 9.58. The molecule has 0 aliphatic carbocycles. The van der Waals surface area contributed by atoms with E-state index in [4.69, 9.17) is 4.74 Å². The van der Waals surface area contributed by atoms with Crippen molar-refractivity contribution in [2.24, 2.45) is 5.92 Å². The first-order valence-corrected chi connectivity index (χ1v) is 6.74. The van der Waals surface area contributed by atoms with Crippen LogP contribution in [0, 0.1) is 5.92 Å². The van der Waals surface area contributed by atoms with Crippen molar-refractivity contribution in [3.8, 4) is 5.75 Å². The van der Waals surface area contributed by atoms with Gasteiger partial charge >= 0.3 is 0 Å². The highest BCUT2D eigenvalue weighted by Gasteiger charge is 2.17. The molecule has 106 valence electrons. The molecule has 0 fully saturated rings. The summed E-state index contributed by atoms with van der Waals surface area (Å²) in [6, 6.07) is 8.04. The molecule has 1 rings (SSSR count). The number of aliphatic hydroxyl groups is 1. The number of aliphatic hydroxyl groups excluding tert-OH is 1. The Morgan fingerprint density at radius 1 is 1.42 bits per heavy atom. The van der Waals surface area contributed by atoms with Gasteiger partial charge in [-0.3, -0.25) is 0 Å². The summed E-state index contributed by atoms with van der Waals surface area (Å²) in [7, 11) is 1.65. The zero-order chi connectivity index (χ0) is 14.3. The number of ether oxygens (including phenoxy) is 1. The lowest BCUT2D eigenvalue weighted by Crippen LogP contribution is -2.36. The van der Waals surface area contributed by atoms with Crippen LogP contribution in [0.1, 0.15) is 31.9 Å². The predicted octanol–water partition coefficient (Wildman–Crippen LogP) is 2.92. The van der Waals surface area contributed by atoms with Crippen molar-refractivity contribution < 1.29 is 9.84 Å². The zero-order valence-electron chi connectivity index (χ0n) is 12.1. The van der Waals surface area contributed by atoms with Crippen LogP contribution >= 0.6 is 0 Å². The number of hydrogen-bond donors (Lipinski definition) is 2. The Labute approximate surface area is 116 Å². The van der Waals surface area contributed by atoms with Crippen molar-refractivity contribution >= 4 is 0 Å². The van der Waals surface area contributed by atoms with Gasteiger partial charge in [0.25, 0.3) is 0 Å². The SMILES string of the molecule is C=CCC(C)C(C)NC(CO)c1cccc(OC)c1. The fourth-order valence-electron chi connectivity index (χ4n) is 2.06. The van der Waals surface area contributed by atoms with E-state index in [9.17, 15) is 5.11 Å². The van der Waals surface area contributed by atoms with Gasteiger partial charge in [-0.1, -0.05) is 25.1 Å². The van der Waals surface area contributed by atoms with Crippen LogP contribution in [-0.2, 0) is 0 Å². The van der Waals surface area contributed by atoms with Crippen molar-refractivity contribution in [1.82, 2.24) is 5.32 Å². The van der Waals surface area contributed by atoms with E-state index >= 15 is 0 Å². The van der Waals surface area contributed by atoms with Gasteiger partial charge in [0.1, 0.15) is 5.75 Å². The van der Waals surface area contributed by atoms with E-state index in [2.05, 4.69) is 25.7 Å². The Morgan fingerprint density at radius 3 is 2.74 bits per heavy atom. The standard InChI is InChI=1S/C16H25NO2/c1-5-7-12(2)13(3)17-16(11-18)14-8-6-9-15(10-14)19-4/h5-6,8-10,12-13,16-18H,1,7,11H2,2-4H3. The molecule has 3 nitrogen and oxygen atoms in total. The quantitative estimate of drug-likeness (QED) is 0.709. The molecule has 0 amide bonds. The van der Waals surface area contributed by atoms with Crippen LogP contribution in [0.3, 0.4) is 0 Å². The van der Waals surface area contributed by atoms with E-state index < -0.39 is 0 Å². The van der Waals surface area contributed by atoms with Gasteiger partial charge in [-0.05, 0) is 37.0 Å². The zero-order valence-corrected chi connectivity index (χ0v) is 12.1. The number of rotatable bonds is 8. The Balaban J connectivity index is 2.74. The second-order valence-corrected chi connectivity index (χ2v) is 4.97. The Morgan fingerprint density at radius 2 is 2.16 bits per heavy atom. The lowest BCUT2D eigenvalue weighted by molar-refractivity contribution is 0.222. The molecule has 3 heteroatoms. The molecule has 3 atom stereocenters. The monoisotopic (exact) mass is 263 g/mol. The first kappa shape index (κ1) is 15.7. The van der Waals surface area contributed by atoms with Gasteiger partial charge in [-0.25, -0.2) is 0 Å². The van der Waals surface area contributed by atoms with Crippen LogP contribution in [0.2, 0.25) is 0 Å². The molecular weight excluding hydrogens is 238 g/mol. The molecule has 0 spiro atoms. The highest BCUT2D eigenvalue weighted by molar-refractivity contribution is 5.30. The van der Waals surface area contributed by atoms with Crippen LogP contribution in [0.15, 0.2) is 36.9 Å². The summed E-state index contributed by atoms with van der Waals surface area (Å²) in [5, 5.41) is 13.0. The van der Waals surface area contributed by atoms with Crippen molar-refractivity contribution in [2.75, 3.05) is 13.7 Å². The summed E-state index contributed by atoms with van der Waals surface area (Å²) in [6.45, 7) is 8.15. The lowest BCUT2D eigenvalue weighted by Gasteiger charge is -2.26. The van der Waals surface area contributed by atoms with Gasteiger partial charge in [0, 0.05) is 6.04 Å². The highest BCUT2D eigenvalue weighted by atomic mass is 16.5. The van der Waals surface area contributed by atoms with Crippen molar-refractivity contribution in [1.29, 1.82) is 0 Å². The third kappa shape index (κ3) is 4.69. The maximum atomic E-state index is 9.58. The van der Waals surface area contributed by atoms with E-state index in [1.807, 2.05) is 30.3 Å². The number of benzene rings is 1. The third-order valence-corrected chi connectivity index (χ3v) is 3.53. The first-order valence-electron chi connectivity index (χ1n) is 6.74. The van der Waals surface area contributed by atoms with E-state index in [1.54, 1.807) is 7.11 Å². The van der Waals surface area contributed by atoms with Crippen molar-refractivity contribution in [2.45, 2.75) is 32.4 Å². The van der Waals surface area contributed by atoms with E-state index in [1.165, 1.54) is 0 Å². The summed E-state index contributed by atoms with van der Waals surface area (Å²) in [4.78, 5) is 0. The molecule has 3 unspecified atom stereocenters. The van der Waals surface area contributed by atoms with Gasteiger partial charge < -0.3 is 15.2 Å². The molecule has 1 aromatic rings.